The molecule has 8 heteroatoms. The summed E-state index contributed by atoms with van der Waals surface area (Å²) in [5.41, 5.74) is 1.91. The van der Waals surface area contributed by atoms with Gasteiger partial charge in [-0.1, -0.05) is 35.9 Å². The highest BCUT2D eigenvalue weighted by atomic mass is 35.5. The lowest BCUT2D eigenvalue weighted by atomic mass is 10.2. The molecule has 0 N–H and O–H groups in total. The molecule has 3 aromatic carbocycles. The van der Waals surface area contributed by atoms with Crippen LogP contribution in [0.4, 0.5) is 4.79 Å². The SMILES string of the molecule is COc1ccc(C(=O)Oc2ccc(/C=C3\SC(=O)N(Cc4ccc(Cl)cc4)C3=O)cc2)cc1. The van der Waals surface area contributed by atoms with Crippen molar-refractivity contribution in [1.29, 1.82) is 0 Å². The number of amides is 2. The van der Waals surface area contributed by atoms with Crippen LogP contribution in [0.3, 0.4) is 0 Å². The minimum Gasteiger partial charge on any atom is -0.497 e. The number of rotatable bonds is 6. The van der Waals surface area contributed by atoms with Crippen LogP contribution in [0.5, 0.6) is 11.5 Å². The highest BCUT2D eigenvalue weighted by molar-refractivity contribution is 8.18. The van der Waals surface area contributed by atoms with Gasteiger partial charge in [0.1, 0.15) is 11.5 Å². The van der Waals surface area contributed by atoms with E-state index in [-0.39, 0.29) is 17.7 Å². The van der Waals surface area contributed by atoms with E-state index in [1.54, 1.807) is 86.0 Å². The summed E-state index contributed by atoms with van der Waals surface area (Å²) < 4.78 is 10.5. The third kappa shape index (κ3) is 5.45. The van der Waals surface area contributed by atoms with Crippen molar-refractivity contribution in [2.45, 2.75) is 6.54 Å². The van der Waals surface area contributed by atoms with Gasteiger partial charge in [0.15, 0.2) is 0 Å². The predicted octanol–water partition coefficient (Wildman–Crippen LogP) is 5.80. The number of esters is 1. The Bertz CT molecular complexity index is 1220. The van der Waals surface area contributed by atoms with Gasteiger partial charge >= 0.3 is 5.97 Å². The summed E-state index contributed by atoms with van der Waals surface area (Å²) in [6, 6.07) is 20.3. The first-order valence-corrected chi connectivity index (χ1v) is 11.1. The van der Waals surface area contributed by atoms with Crippen LogP contribution in [0, 0.1) is 0 Å². The van der Waals surface area contributed by atoms with Crippen molar-refractivity contribution in [2.75, 3.05) is 7.11 Å². The van der Waals surface area contributed by atoms with Gasteiger partial charge in [0.25, 0.3) is 11.1 Å². The van der Waals surface area contributed by atoms with E-state index in [9.17, 15) is 14.4 Å². The fourth-order valence-corrected chi connectivity index (χ4v) is 4.05. The number of methoxy groups -OCH3 is 1. The molecule has 0 unspecified atom stereocenters. The van der Waals surface area contributed by atoms with Gasteiger partial charge < -0.3 is 9.47 Å². The summed E-state index contributed by atoms with van der Waals surface area (Å²) >= 11 is 6.78. The summed E-state index contributed by atoms with van der Waals surface area (Å²) in [5, 5.41) is 0.261. The summed E-state index contributed by atoms with van der Waals surface area (Å²) in [6.45, 7) is 0.180. The number of halogens is 1. The molecule has 33 heavy (non-hydrogen) atoms. The first-order valence-electron chi connectivity index (χ1n) is 9.89. The average Bonchev–Trinajstić information content (AvgIpc) is 3.09. The van der Waals surface area contributed by atoms with Gasteiger partial charge in [0.05, 0.1) is 24.1 Å². The lowest BCUT2D eigenvalue weighted by Gasteiger charge is -2.12. The number of carbonyl (C=O) groups is 3. The fourth-order valence-electron chi connectivity index (χ4n) is 3.09. The van der Waals surface area contributed by atoms with Gasteiger partial charge in [0.2, 0.25) is 0 Å². The fraction of sp³-hybridized carbons (Fsp3) is 0.0800. The van der Waals surface area contributed by atoms with Crippen LogP contribution in [0.1, 0.15) is 21.5 Å². The standard InChI is InChI=1S/C25H18ClNO5S/c1-31-20-12-6-18(7-13-20)24(29)32-21-10-4-16(5-11-21)14-22-23(28)27(25(30)33-22)15-17-2-8-19(26)9-3-17/h2-14H,15H2,1H3/b22-14-. The van der Waals surface area contributed by atoms with Gasteiger partial charge in [-0.3, -0.25) is 14.5 Å². The molecule has 0 aromatic heterocycles. The molecule has 1 fully saturated rings. The van der Waals surface area contributed by atoms with Crippen molar-refractivity contribution < 1.29 is 23.9 Å². The van der Waals surface area contributed by atoms with Crippen LogP contribution in [0.25, 0.3) is 6.08 Å². The Morgan fingerprint density at radius 3 is 2.21 bits per heavy atom. The van der Waals surface area contributed by atoms with Crippen LogP contribution in [-0.4, -0.2) is 29.1 Å². The van der Waals surface area contributed by atoms with Crippen LogP contribution in [-0.2, 0) is 11.3 Å². The molecule has 0 aliphatic carbocycles. The smallest absolute Gasteiger partial charge is 0.343 e. The number of benzene rings is 3. The van der Waals surface area contributed by atoms with Crippen molar-refractivity contribution in [3.8, 4) is 11.5 Å². The Morgan fingerprint density at radius 1 is 0.939 bits per heavy atom. The molecular formula is C25H18ClNO5S. The quantitative estimate of drug-likeness (QED) is 0.252. The van der Waals surface area contributed by atoms with E-state index < -0.39 is 5.97 Å². The molecule has 0 radical (unpaired) electrons. The molecule has 1 aliphatic heterocycles. The highest BCUT2D eigenvalue weighted by Crippen LogP contribution is 2.33. The van der Waals surface area contributed by atoms with E-state index >= 15 is 0 Å². The topological polar surface area (TPSA) is 72.9 Å². The highest BCUT2D eigenvalue weighted by Gasteiger charge is 2.34. The number of thioether (sulfide) groups is 1. The molecule has 3 aromatic rings. The third-order valence-corrected chi connectivity index (χ3v) is 6.00. The normalized spacial score (nSPS) is 14.6. The lowest BCUT2D eigenvalue weighted by Crippen LogP contribution is -2.27. The largest absolute Gasteiger partial charge is 0.497 e. The molecule has 166 valence electrons. The summed E-state index contributed by atoms with van der Waals surface area (Å²) in [4.78, 5) is 38.9. The Hall–Kier alpha value is -3.55. The summed E-state index contributed by atoms with van der Waals surface area (Å²) in [7, 11) is 1.55. The molecule has 4 rings (SSSR count). The van der Waals surface area contributed by atoms with Gasteiger partial charge in [-0.05, 0) is 77.5 Å². The number of hydrogen-bond donors (Lipinski definition) is 0. The molecule has 0 atom stereocenters. The first kappa shape index (κ1) is 22.6. The number of imide groups is 1. The van der Waals surface area contributed by atoms with Crippen LogP contribution >= 0.6 is 23.4 Å². The van der Waals surface area contributed by atoms with Crippen molar-refractivity contribution in [1.82, 2.24) is 4.90 Å². The number of nitrogens with zero attached hydrogens (tertiary/aromatic N) is 1. The zero-order valence-electron chi connectivity index (χ0n) is 17.5. The minimum absolute atomic E-state index is 0.180. The average molecular weight is 480 g/mol. The maximum Gasteiger partial charge on any atom is 0.343 e. The van der Waals surface area contributed by atoms with E-state index in [0.717, 1.165) is 17.3 Å². The molecular weight excluding hydrogens is 462 g/mol. The molecule has 0 spiro atoms. The molecule has 1 aliphatic rings. The Morgan fingerprint density at radius 2 is 1.58 bits per heavy atom. The zero-order chi connectivity index (χ0) is 23.4. The van der Waals surface area contributed by atoms with Crippen molar-refractivity contribution >= 4 is 46.6 Å². The second-order valence-electron chi connectivity index (χ2n) is 7.08. The van der Waals surface area contributed by atoms with E-state index in [0.29, 0.717) is 32.6 Å². The van der Waals surface area contributed by atoms with Crippen LogP contribution < -0.4 is 9.47 Å². The molecule has 2 amide bonds. The van der Waals surface area contributed by atoms with Crippen molar-refractivity contribution in [3.63, 3.8) is 0 Å². The van der Waals surface area contributed by atoms with E-state index in [1.165, 1.54) is 4.90 Å². The maximum absolute atomic E-state index is 12.7. The van der Waals surface area contributed by atoms with Gasteiger partial charge in [-0.2, -0.15) is 0 Å². The second-order valence-corrected chi connectivity index (χ2v) is 8.51. The van der Waals surface area contributed by atoms with Crippen LogP contribution in [0.15, 0.2) is 77.7 Å². The first-order chi connectivity index (χ1) is 15.9. The maximum atomic E-state index is 12.7. The number of hydrogen-bond acceptors (Lipinski definition) is 6. The number of carbonyl (C=O) groups excluding carboxylic acids is 3. The summed E-state index contributed by atoms with van der Waals surface area (Å²) in [5.74, 6) is 0.168. The van der Waals surface area contributed by atoms with Gasteiger partial charge in [0, 0.05) is 5.02 Å². The molecule has 1 saturated heterocycles. The lowest BCUT2D eigenvalue weighted by molar-refractivity contribution is -0.123. The van der Waals surface area contributed by atoms with Crippen molar-refractivity contribution in [2.24, 2.45) is 0 Å². The molecule has 0 bridgehead atoms. The Kier molecular flexibility index (Phi) is 6.82. The third-order valence-electron chi connectivity index (χ3n) is 4.84. The van der Waals surface area contributed by atoms with Crippen molar-refractivity contribution in [3.05, 3.63) is 99.4 Å². The van der Waals surface area contributed by atoms with Gasteiger partial charge in [-0.25, -0.2) is 4.79 Å². The number of ether oxygens (including phenoxy) is 2. The van der Waals surface area contributed by atoms with E-state index in [4.69, 9.17) is 21.1 Å². The zero-order valence-corrected chi connectivity index (χ0v) is 19.1. The molecule has 0 saturated carbocycles. The summed E-state index contributed by atoms with van der Waals surface area (Å²) in [6.07, 6.45) is 1.64. The van der Waals surface area contributed by atoms with E-state index in [2.05, 4.69) is 0 Å². The minimum atomic E-state index is -0.492. The second kappa shape index (κ2) is 9.94. The predicted molar refractivity (Wildman–Crippen MR) is 127 cm³/mol. The molecule has 1 heterocycles. The van der Waals surface area contributed by atoms with E-state index in [1.807, 2.05) is 0 Å². The molecule has 6 nitrogen and oxygen atoms in total. The van der Waals surface area contributed by atoms with Crippen LogP contribution in [0.2, 0.25) is 5.02 Å². The van der Waals surface area contributed by atoms with Gasteiger partial charge in [-0.15, -0.1) is 0 Å². The monoisotopic (exact) mass is 479 g/mol. The Balaban J connectivity index is 1.41. The Labute approximate surface area is 199 Å².